The molecule has 1 fully saturated rings. The number of methoxy groups -OCH3 is 1. The first-order valence-electron chi connectivity index (χ1n) is 7.31. The number of urea groups is 1. The number of benzene rings is 2. The lowest BCUT2D eigenvalue weighted by Crippen LogP contribution is -2.30. The number of hydrogen-bond acceptors (Lipinski definition) is 3. The Balaban J connectivity index is 1.76. The van der Waals surface area contributed by atoms with Gasteiger partial charge in [0.1, 0.15) is 16.9 Å². The Hall–Kier alpha value is -2.69. The lowest BCUT2D eigenvalue weighted by atomic mass is 10.1. The van der Waals surface area contributed by atoms with Crippen molar-refractivity contribution in [2.45, 2.75) is 18.9 Å². The number of hydrogen-bond donors (Lipinski definition) is 2. The first kappa shape index (κ1) is 13.0. The maximum absolute atomic E-state index is 11.9. The highest BCUT2D eigenvalue weighted by atomic mass is 16.5. The molecule has 0 bridgehead atoms. The van der Waals surface area contributed by atoms with Gasteiger partial charge in [-0.15, -0.1) is 0 Å². The highest BCUT2D eigenvalue weighted by molar-refractivity contribution is 6.07. The summed E-state index contributed by atoms with van der Waals surface area (Å²) in [7, 11) is 1.59. The van der Waals surface area contributed by atoms with Gasteiger partial charge >= 0.3 is 6.03 Å². The minimum atomic E-state index is -0.212. The van der Waals surface area contributed by atoms with Crippen LogP contribution < -0.4 is 15.4 Å². The molecule has 0 radical (unpaired) electrons. The zero-order chi connectivity index (χ0) is 15.1. The van der Waals surface area contributed by atoms with Crippen LogP contribution in [0.15, 0.2) is 40.8 Å². The van der Waals surface area contributed by atoms with E-state index in [1.807, 2.05) is 30.3 Å². The Bertz CT molecular complexity index is 865. The third-order valence-electron chi connectivity index (χ3n) is 3.86. The molecule has 1 saturated carbocycles. The molecule has 0 atom stereocenters. The SMILES string of the molecule is COc1cc2c(cc1NC(=O)NC1CC1)oc1ccccc12. The topological polar surface area (TPSA) is 63.5 Å². The van der Waals surface area contributed by atoms with Crippen LogP contribution in [0.25, 0.3) is 21.9 Å². The van der Waals surface area contributed by atoms with E-state index in [0.29, 0.717) is 17.5 Å². The Morgan fingerprint density at radius 2 is 2.00 bits per heavy atom. The molecule has 0 unspecified atom stereocenters. The van der Waals surface area contributed by atoms with E-state index >= 15 is 0 Å². The summed E-state index contributed by atoms with van der Waals surface area (Å²) in [5.41, 5.74) is 2.15. The van der Waals surface area contributed by atoms with Gasteiger partial charge in [0.2, 0.25) is 0 Å². The average molecular weight is 296 g/mol. The highest BCUT2D eigenvalue weighted by Gasteiger charge is 2.23. The van der Waals surface area contributed by atoms with Crippen molar-refractivity contribution < 1.29 is 13.9 Å². The van der Waals surface area contributed by atoms with Gasteiger partial charge in [-0.2, -0.15) is 0 Å². The van der Waals surface area contributed by atoms with Gasteiger partial charge in [-0.05, 0) is 25.0 Å². The highest BCUT2D eigenvalue weighted by Crippen LogP contribution is 2.36. The Kier molecular flexibility index (Phi) is 2.92. The van der Waals surface area contributed by atoms with Gasteiger partial charge in [0.25, 0.3) is 0 Å². The number of furan rings is 1. The predicted octanol–water partition coefficient (Wildman–Crippen LogP) is 3.88. The standard InChI is InChI=1S/C17H16N2O3/c1-21-16-8-12-11-4-2-3-5-14(11)22-15(12)9-13(16)19-17(20)18-10-6-7-10/h2-5,8-10H,6-7H2,1H3,(H2,18,19,20). The number of carbonyl (C=O) groups excluding carboxylic acids is 1. The minimum Gasteiger partial charge on any atom is -0.495 e. The van der Waals surface area contributed by atoms with Gasteiger partial charge in [-0.1, -0.05) is 18.2 Å². The van der Waals surface area contributed by atoms with E-state index in [4.69, 9.17) is 9.15 Å². The van der Waals surface area contributed by atoms with Gasteiger partial charge in [0.15, 0.2) is 0 Å². The molecular weight excluding hydrogens is 280 g/mol. The Labute approximate surface area is 127 Å². The van der Waals surface area contributed by atoms with Crippen LogP contribution in [-0.2, 0) is 0 Å². The van der Waals surface area contributed by atoms with Gasteiger partial charge in [0.05, 0.1) is 12.8 Å². The minimum absolute atomic E-state index is 0.212. The monoisotopic (exact) mass is 296 g/mol. The molecule has 2 N–H and O–H groups in total. The van der Waals surface area contributed by atoms with Gasteiger partial charge < -0.3 is 19.8 Å². The van der Waals surface area contributed by atoms with Crippen LogP contribution >= 0.6 is 0 Å². The molecule has 0 aliphatic heterocycles. The second-order valence-electron chi connectivity index (χ2n) is 5.52. The number of nitrogens with one attached hydrogen (secondary N) is 2. The molecule has 0 spiro atoms. The second-order valence-corrected chi connectivity index (χ2v) is 5.52. The normalized spacial score (nSPS) is 14.2. The van der Waals surface area contributed by atoms with Crippen molar-refractivity contribution in [2.75, 3.05) is 12.4 Å². The molecule has 3 aromatic rings. The quantitative estimate of drug-likeness (QED) is 0.771. The number of amides is 2. The lowest BCUT2D eigenvalue weighted by molar-refractivity contribution is 0.251. The van der Waals surface area contributed by atoms with Crippen LogP contribution in [0.2, 0.25) is 0 Å². The molecule has 4 rings (SSSR count). The van der Waals surface area contributed by atoms with Crippen LogP contribution in [0.3, 0.4) is 0 Å². The van der Waals surface area contributed by atoms with Crippen LogP contribution in [0.1, 0.15) is 12.8 Å². The summed E-state index contributed by atoms with van der Waals surface area (Å²) in [4.78, 5) is 11.9. The van der Waals surface area contributed by atoms with Crippen molar-refractivity contribution in [3.05, 3.63) is 36.4 Å². The third kappa shape index (κ3) is 2.24. The van der Waals surface area contributed by atoms with E-state index in [-0.39, 0.29) is 6.03 Å². The molecule has 22 heavy (non-hydrogen) atoms. The summed E-state index contributed by atoms with van der Waals surface area (Å²) in [5.74, 6) is 0.616. The number of fused-ring (bicyclic) bond motifs is 3. The largest absolute Gasteiger partial charge is 0.495 e. The molecule has 5 nitrogen and oxygen atoms in total. The maximum Gasteiger partial charge on any atom is 0.319 e. The second kappa shape index (κ2) is 4.94. The molecule has 1 aliphatic rings. The number of ether oxygens (including phenoxy) is 1. The molecule has 112 valence electrons. The smallest absolute Gasteiger partial charge is 0.319 e. The molecule has 5 heteroatoms. The van der Waals surface area contributed by atoms with Gasteiger partial charge in [-0.3, -0.25) is 0 Å². The number of carbonyl (C=O) groups is 1. The van der Waals surface area contributed by atoms with Crippen molar-refractivity contribution in [2.24, 2.45) is 0 Å². The fraction of sp³-hybridized carbons (Fsp3) is 0.235. The van der Waals surface area contributed by atoms with E-state index in [2.05, 4.69) is 10.6 Å². The Morgan fingerprint density at radius 1 is 1.18 bits per heavy atom. The Morgan fingerprint density at radius 3 is 2.77 bits per heavy atom. The summed E-state index contributed by atoms with van der Waals surface area (Å²) in [6.45, 7) is 0. The lowest BCUT2D eigenvalue weighted by Gasteiger charge is -2.11. The van der Waals surface area contributed by atoms with Crippen molar-refractivity contribution >= 4 is 33.7 Å². The zero-order valence-corrected chi connectivity index (χ0v) is 12.2. The fourth-order valence-corrected chi connectivity index (χ4v) is 2.59. The molecule has 1 aliphatic carbocycles. The molecule has 2 aromatic carbocycles. The van der Waals surface area contributed by atoms with E-state index < -0.39 is 0 Å². The molecular formula is C17H16N2O3. The summed E-state index contributed by atoms with van der Waals surface area (Å²) in [6, 6.07) is 11.6. The number of anilines is 1. The summed E-state index contributed by atoms with van der Waals surface area (Å²) in [5, 5.41) is 7.73. The van der Waals surface area contributed by atoms with E-state index in [1.165, 1.54) is 0 Å². The summed E-state index contributed by atoms with van der Waals surface area (Å²) >= 11 is 0. The van der Waals surface area contributed by atoms with Crippen molar-refractivity contribution in [1.82, 2.24) is 5.32 Å². The first-order valence-corrected chi connectivity index (χ1v) is 7.31. The van der Waals surface area contributed by atoms with E-state index in [9.17, 15) is 4.79 Å². The average Bonchev–Trinajstić information content (AvgIpc) is 3.25. The molecule has 1 heterocycles. The van der Waals surface area contributed by atoms with Crippen molar-refractivity contribution in [3.8, 4) is 5.75 Å². The van der Waals surface area contributed by atoms with Gasteiger partial charge in [-0.25, -0.2) is 4.79 Å². The maximum atomic E-state index is 11.9. The van der Waals surface area contributed by atoms with Crippen LogP contribution in [0, 0.1) is 0 Å². The molecule has 0 saturated heterocycles. The molecule has 2 amide bonds. The first-order chi connectivity index (χ1) is 10.7. The van der Waals surface area contributed by atoms with Crippen LogP contribution in [0.4, 0.5) is 10.5 Å². The van der Waals surface area contributed by atoms with E-state index in [0.717, 1.165) is 34.8 Å². The summed E-state index contributed by atoms with van der Waals surface area (Å²) < 4.78 is 11.2. The third-order valence-corrected chi connectivity index (χ3v) is 3.86. The fourth-order valence-electron chi connectivity index (χ4n) is 2.59. The molecule has 1 aromatic heterocycles. The van der Waals surface area contributed by atoms with Crippen molar-refractivity contribution in [1.29, 1.82) is 0 Å². The number of rotatable bonds is 3. The number of para-hydroxylation sites is 1. The van der Waals surface area contributed by atoms with E-state index in [1.54, 1.807) is 13.2 Å². The van der Waals surface area contributed by atoms with Crippen LogP contribution in [-0.4, -0.2) is 19.2 Å². The van der Waals surface area contributed by atoms with Crippen LogP contribution in [0.5, 0.6) is 5.75 Å². The zero-order valence-electron chi connectivity index (χ0n) is 12.2. The van der Waals surface area contributed by atoms with Crippen molar-refractivity contribution in [3.63, 3.8) is 0 Å². The summed E-state index contributed by atoms with van der Waals surface area (Å²) in [6.07, 6.45) is 2.10. The predicted molar refractivity (Wildman–Crippen MR) is 85.4 cm³/mol. The van der Waals surface area contributed by atoms with Gasteiger partial charge in [0, 0.05) is 22.9 Å².